The highest BCUT2D eigenvalue weighted by molar-refractivity contribution is 4.78. The summed E-state index contributed by atoms with van der Waals surface area (Å²) in [6.07, 6.45) is 5.49. The second-order valence-corrected chi connectivity index (χ2v) is 3.52. The first kappa shape index (κ1) is 9.01. The first-order valence-corrected chi connectivity index (χ1v) is 4.81. The number of hydrogen-bond donors (Lipinski definition) is 2. The van der Waals surface area contributed by atoms with Crippen LogP contribution in [0.2, 0.25) is 0 Å². The third kappa shape index (κ3) is 2.80. The van der Waals surface area contributed by atoms with Crippen LogP contribution < -0.4 is 11.1 Å². The summed E-state index contributed by atoms with van der Waals surface area (Å²) in [5.74, 6) is 0.800. The Morgan fingerprint density at radius 1 is 1.45 bits per heavy atom. The Morgan fingerprint density at radius 3 is 2.64 bits per heavy atom. The molecule has 2 nitrogen and oxygen atoms in total. The number of hydrogen-bond acceptors (Lipinski definition) is 2. The fraction of sp³-hybridized carbons (Fsp3) is 1.00. The lowest BCUT2D eigenvalue weighted by Crippen LogP contribution is -2.38. The fourth-order valence-corrected chi connectivity index (χ4v) is 1.86. The second-order valence-electron chi connectivity index (χ2n) is 3.52. The molecule has 0 saturated heterocycles. The van der Waals surface area contributed by atoms with E-state index in [0.717, 1.165) is 19.0 Å². The minimum absolute atomic E-state index is 0.400. The van der Waals surface area contributed by atoms with Crippen molar-refractivity contribution in [1.82, 2.24) is 5.32 Å². The Balaban J connectivity index is 2.12. The lowest BCUT2D eigenvalue weighted by molar-refractivity contribution is 0.413. The van der Waals surface area contributed by atoms with Gasteiger partial charge in [0.1, 0.15) is 0 Å². The molecule has 0 amide bonds. The Labute approximate surface area is 69.5 Å². The molecule has 0 aromatic rings. The van der Waals surface area contributed by atoms with Crippen LogP contribution in [0.25, 0.3) is 0 Å². The maximum atomic E-state index is 6.00. The van der Waals surface area contributed by atoms with Crippen molar-refractivity contribution in [3.63, 3.8) is 0 Å². The number of likely N-dealkylation sites (N-methyl/N-ethyl adjacent to an activating group) is 1. The average Bonchev–Trinajstić information content (AvgIpc) is 2.52. The van der Waals surface area contributed by atoms with Crippen LogP contribution in [0.1, 0.15) is 32.6 Å². The number of rotatable bonds is 4. The molecular formula is C9H20N2. The smallest absolute Gasteiger partial charge is 0.0193 e. The zero-order valence-corrected chi connectivity index (χ0v) is 7.47. The van der Waals surface area contributed by atoms with Gasteiger partial charge in [-0.2, -0.15) is 0 Å². The molecule has 0 radical (unpaired) electrons. The lowest BCUT2D eigenvalue weighted by Gasteiger charge is -2.18. The topological polar surface area (TPSA) is 38.0 Å². The molecule has 11 heavy (non-hydrogen) atoms. The fourth-order valence-electron chi connectivity index (χ4n) is 1.86. The van der Waals surface area contributed by atoms with E-state index in [1.54, 1.807) is 0 Å². The zero-order chi connectivity index (χ0) is 8.10. The van der Waals surface area contributed by atoms with Crippen molar-refractivity contribution in [2.45, 2.75) is 38.6 Å². The van der Waals surface area contributed by atoms with Gasteiger partial charge in [-0.05, 0) is 25.3 Å². The van der Waals surface area contributed by atoms with Crippen molar-refractivity contribution in [2.24, 2.45) is 11.7 Å². The Kier molecular flexibility index (Phi) is 3.87. The third-order valence-corrected chi connectivity index (χ3v) is 2.64. The second kappa shape index (κ2) is 4.73. The monoisotopic (exact) mass is 156 g/mol. The van der Waals surface area contributed by atoms with E-state index in [1.165, 1.54) is 25.7 Å². The molecule has 1 aliphatic rings. The van der Waals surface area contributed by atoms with E-state index in [1.807, 2.05) is 0 Å². The summed E-state index contributed by atoms with van der Waals surface area (Å²) < 4.78 is 0. The molecule has 66 valence electrons. The molecule has 1 atom stereocenters. The summed E-state index contributed by atoms with van der Waals surface area (Å²) in [7, 11) is 0. The molecule has 0 heterocycles. The highest BCUT2D eigenvalue weighted by Gasteiger charge is 2.20. The van der Waals surface area contributed by atoms with Crippen molar-refractivity contribution in [2.75, 3.05) is 13.1 Å². The van der Waals surface area contributed by atoms with Crippen LogP contribution in [0, 0.1) is 5.92 Å². The van der Waals surface area contributed by atoms with Gasteiger partial charge in [-0.15, -0.1) is 0 Å². The van der Waals surface area contributed by atoms with Gasteiger partial charge in [0.25, 0.3) is 0 Å². The Morgan fingerprint density at radius 2 is 2.09 bits per heavy atom. The van der Waals surface area contributed by atoms with Crippen molar-refractivity contribution < 1.29 is 0 Å². The van der Waals surface area contributed by atoms with E-state index in [0.29, 0.717) is 6.04 Å². The molecule has 1 unspecified atom stereocenters. The third-order valence-electron chi connectivity index (χ3n) is 2.64. The van der Waals surface area contributed by atoms with E-state index in [9.17, 15) is 0 Å². The molecule has 1 rings (SSSR count). The van der Waals surface area contributed by atoms with E-state index >= 15 is 0 Å². The van der Waals surface area contributed by atoms with Crippen molar-refractivity contribution in [3.05, 3.63) is 0 Å². The maximum Gasteiger partial charge on any atom is 0.0193 e. The Bertz CT molecular complexity index is 97.7. The van der Waals surface area contributed by atoms with Crippen LogP contribution in [-0.4, -0.2) is 19.1 Å². The quantitative estimate of drug-likeness (QED) is 0.640. The Hall–Kier alpha value is -0.0800. The molecule has 0 aliphatic heterocycles. The predicted octanol–water partition coefficient (Wildman–Crippen LogP) is 1.11. The summed E-state index contributed by atoms with van der Waals surface area (Å²) in [4.78, 5) is 0. The van der Waals surface area contributed by atoms with Crippen molar-refractivity contribution >= 4 is 0 Å². The molecular weight excluding hydrogens is 136 g/mol. The molecule has 1 saturated carbocycles. The van der Waals surface area contributed by atoms with E-state index in [4.69, 9.17) is 5.73 Å². The molecule has 0 spiro atoms. The molecule has 0 aromatic carbocycles. The first-order chi connectivity index (χ1) is 5.34. The van der Waals surface area contributed by atoms with E-state index < -0.39 is 0 Å². The van der Waals surface area contributed by atoms with Gasteiger partial charge in [-0.1, -0.05) is 19.8 Å². The van der Waals surface area contributed by atoms with Crippen LogP contribution in [0.3, 0.4) is 0 Å². The highest BCUT2D eigenvalue weighted by Crippen LogP contribution is 2.26. The van der Waals surface area contributed by atoms with E-state index in [-0.39, 0.29) is 0 Å². The number of nitrogens with two attached hydrogens (primary N) is 1. The molecule has 1 fully saturated rings. The van der Waals surface area contributed by atoms with Crippen LogP contribution in [0.5, 0.6) is 0 Å². The van der Waals surface area contributed by atoms with Gasteiger partial charge in [0.2, 0.25) is 0 Å². The van der Waals surface area contributed by atoms with Crippen LogP contribution in [0.15, 0.2) is 0 Å². The van der Waals surface area contributed by atoms with Gasteiger partial charge in [-0.25, -0.2) is 0 Å². The van der Waals surface area contributed by atoms with Crippen LogP contribution in [0.4, 0.5) is 0 Å². The predicted molar refractivity (Wildman–Crippen MR) is 48.5 cm³/mol. The van der Waals surface area contributed by atoms with Gasteiger partial charge in [0.15, 0.2) is 0 Å². The van der Waals surface area contributed by atoms with Crippen LogP contribution in [-0.2, 0) is 0 Å². The summed E-state index contributed by atoms with van der Waals surface area (Å²) in [6.45, 7) is 4.17. The normalized spacial score (nSPS) is 22.4. The molecule has 3 N–H and O–H groups in total. The summed E-state index contributed by atoms with van der Waals surface area (Å²) in [6, 6.07) is 0.400. The van der Waals surface area contributed by atoms with Gasteiger partial charge >= 0.3 is 0 Å². The van der Waals surface area contributed by atoms with Gasteiger partial charge in [0, 0.05) is 12.6 Å². The van der Waals surface area contributed by atoms with Gasteiger partial charge in [0.05, 0.1) is 0 Å². The van der Waals surface area contributed by atoms with Gasteiger partial charge < -0.3 is 11.1 Å². The molecule has 1 aliphatic carbocycles. The van der Waals surface area contributed by atoms with Crippen molar-refractivity contribution in [3.8, 4) is 0 Å². The zero-order valence-electron chi connectivity index (χ0n) is 7.47. The van der Waals surface area contributed by atoms with Crippen LogP contribution >= 0.6 is 0 Å². The first-order valence-electron chi connectivity index (χ1n) is 4.81. The van der Waals surface area contributed by atoms with Crippen molar-refractivity contribution in [1.29, 1.82) is 0 Å². The maximum absolute atomic E-state index is 6.00. The number of nitrogens with one attached hydrogen (secondary N) is 1. The molecule has 0 aromatic heterocycles. The minimum Gasteiger partial charge on any atom is -0.326 e. The summed E-state index contributed by atoms with van der Waals surface area (Å²) in [5.41, 5.74) is 6.00. The minimum atomic E-state index is 0.400. The molecule has 0 bridgehead atoms. The molecule has 2 heteroatoms. The van der Waals surface area contributed by atoms with E-state index in [2.05, 4.69) is 12.2 Å². The lowest BCUT2D eigenvalue weighted by atomic mass is 9.99. The summed E-state index contributed by atoms with van der Waals surface area (Å²) in [5, 5.41) is 3.30. The standard InChI is InChI=1S/C9H20N2/c1-2-11-7-9(10)8-5-3-4-6-8/h8-9,11H,2-7,10H2,1H3. The van der Waals surface area contributed by atoms with Gasteiger partial charge in [-0.3, -0.25) is 0 Å². The largest absolute Gasteiger partial charge is 0.326 e. The average molecular weight is 156 g/mol. The SMILES string of the molecule is CCNCC(N)C1CCCC1. The highest BCUT2D eigenvalue weighted by atomic mass is 14.9. The summed E-state index contributed by atoms with van der Waals surface area (Å²) >= 11 is 0.